The van der Waals surface area contributed by atoms with E-state index >= 15 is 0 Å². The Morgan fingerprint density at radius 1 is 1.33 bits per heavy atom. The lowest BCUT2D eigenvalue weighted by Gasteiger charge is -2.05. The third-order valence-electron chi connectivity index (χ3n) is 4.56. The van der Waals surface area contributed by atoms with Gasteiger partial charge in [0.25, 0.3) is 5.56 Å². The van der Waals surface area contributed by atoms with Crippen LogP contribution in [0, 0.1) is 6.92 Å². The maximum absolute atomic E-state index is 12.9. The molecule has 5 nitrogen and oxygen atoms in total. The van der Waals surface area contributed by atoms with Crippen molar-refractivity contribution < 1.29 is 4.79 Å². The molecule has 3 aromatic rings. The highest BCUT2D eigenvalue weighted by Crippen LogP contribution is 2.43. The smallest absolute Gasteiger partial charge is 0.277 e. The lowest BCUT2D eigenvalue weighted by atomic mass is 10.0. The van der Waals surface area contributed by atoms with Crippen molar-refractivity contribution in [3.05, 3.63) is 50.4 Å². The molecule has 1 N–H and O–H groups in total. The Morgan fingerprint density at radius 2 is 2.08 bits per heavy atom. The fraction of sp³-hybridized carbons (Fsp3) is 0.389. The molecule has 24 heavy (non-hydrogen) atoms. The highest BCUT2D eigenvalue weighted by molar-refractivity contribution is 7.18. The van der Waals surface area contributed by atoms with E-state index in [4.69, 9.17) is 4.98 Å². The highest BCUT2D eigenvalue weighted by atomic mass is 32.1. The molecule has 4 rings (SSSR count). The number of benzene rings is 1. The number of carbonyl (C=O) groups is 1. The Morgan fingerprint density at radius 3 is 2.71 bits per heavy atom. The van der Waals surface area contributed by atoms with Crippen LogP contribution in [0.15, 0.2) is 23.1 Å². The number of hydrogen-bond acceptors (Lipinski definition) is 4. The molecule has 124 valence electrons. The average Bonchev–Trinajstić information content (AvgIpc) is 3.18. The SMILES string of the molecule is Cc1c(C(=O)c2c[nH]n(C(C)C)c2=O)ccc2sc(C3CC3)nc12. The molecule has 2 heterocycles. The summed E-state index contributed by atoms with van der Waals surface area (Å²) in [6, 6.07) is 3.76. The van der Waals surface area contributed by atoms with Crippen LogP contribution in [0.3, 0.4) is 0 Å². The van der Waals surface area contributed by atoms with Gasteiger partial charge in [-0.1, -0.05) is 0 Å². The monoisotopic (exact) mass is 341 g/mol. The van der Waals surface area contributed by atoms with Gasteiger partial charge in [0.2, 0.25) is 5.78 Å². The number of carbonyl (C=O) groups excluding carboxylic acids is 1. The number of H-pyrrole nitrogens is 1. The molecule has 1 aliphatic carbocycles. The number of rotatable bonds is 4. The normalized spacial score (nSPS) is 14.7. The Hall–Kier alpha value is -2.21. The van der Waals surface area contributed by atoms with Crippen LogP contribution in [0.25, 0.3) is 10.2 Å². The first-order valence-electron chi connectivity index (χ1n) is 8.22. The maximum atomic E-state index is 12.9. The van der Waals surface area contributed by atoms with Crippen LogP contribution in [0.4, 0.5) is 0 Å². The van der Waals surface area contributed by atoms with E-state index in [1.165, 1.54) is 28.7 Å². The van der Waals surface area contributed by atoms with Crippen LogP contribution < -0.4 is 5.56 Å². The molecular formula is C18H19N3O2S. The van der Waals surface area contributed by atoms with Gasteiger partial charge in [-0.05, 0) is 51.3 Å². The number of thiazole rings is 1. The second kappa shape index (κ2) is 5.41. The number of hydrogen-bond donors (Lipinski definition) is 1. The summed E-state index contributed by atoms with van der Waals surface area (Å²) < 4.78 is 2.58. The van der Waals surface area contributed by atoms with Gasteiger partial charge in [0, 0.05) is 23.7 Å². The molecular weight excluding hydrogens is 322 g/mol. The van der Waals surface area contributed by atoms with Crippen molar-refractivity contribution in [1.82, 2.24) is 14.8 Å². The lowest BCUT2D eigenvalue weighted by molar-refractivity contribution is 0.103. The number of nitrogens with one attached hydrogen (secondary N) is 1. The topological polar surface area (TPSA) is 67.8 Å². The summed E-state index contributed by atoms with van der Waals surface area (Å²) in [5, 5.41) is 4.05. The molecule has 1 fully saturated rings. The molecule has 0 amide bonds. The first-order chi connectivity index (χ1) is 11.5. The van der Waals surface area contributed by atoms with Gasteiger partial charge in [-0.3, -0.25) is 14.3 Å². The van der Waals surface area contributed by atoms with Gasteiger partial charge in [0.15, 0.2) is 0 Å². The minimum Gasteiger partial charge on any atom is -0.302 e. The Bertz CT molecular complexity index is 1010. The van der Waals surface area contributed by atoms with Crippen molar-refractivity contribution in [2.45, 2.75) is 45.6 Å². The van der Waals surface area contributed by atoms with E-state index in [-0.39, 0.29) is 22.9 Å². The number of ketones is 1. The minimum absolute atomic E-state index is 0.0118. The van der Waals surface area contributed by atoms with Crippen LogP contribution >= 0.6 is 11.3 Å². The molecule has 0 bridgehead atoms. The van der Waals surface area contributed by atoms with Gasteiger partial charge in [0.05, 0.1) is 15.2 Å². The van der Waals surface area contributed by atoms with E-state index in [0.717, 1.165) is 15.8 Å². The number of fused-ring (bicyclic) bond motifs is 1. The van der Waals surface area contributed by atoms with Crippen molar-refractivity contribution in [2.24, 2.45) is 0 Å². The van der Waals surface area contributed by atoms with E-state index < -0.39 is 0 Å². The molecule has 1 aliphatic rings. The van der Waals surface area contributed by atoms with Crippen molar-refractivity contribution in [1.29, 1.82) is 0 Å². The summed E-state index contributed by atoms with van der Waals surface area (Å²) in [6.07, 6.45) is 3.93. The summed E-state index contributed by atoms with van der Waals surface area (Å²) in [4.78, 5) is 30.0. The number of nitrogens with zero attached hydrogens (tertiary/aromatic N) is 2. The summed E-state index contributed by atoms with van der Waals surface area (Å²) in [5.41, 5.74) is 2.22. The summed E-state index contributed by atoms with van der Waals surface area (Å²) in [6.45, 7) is 5.72. The summed E-state index contributed by atoms with van der Waals surface area (Å²) in [7, 11) is 0. The molecule has 0 saturated heterocycles. The highest BCUT2D eigenvalue weighted by Gasteiger charge is 2.28. The van der Waals surface area contributed by atoms with E-state index in [9.17, 15) is 9.59 Å². The van der Waals surface area contributed by atoms with Gasteiger partial charge < -0.3 is 5.10 Å². The van der Waals surface area contributed by atoms with E-state index in [1.807, 2.05) is 32.9 Å². The largest absolute Gasteiger partial charge is 0.302 e. The van der Waals surface area contributed by atoms with Gasteiger partial charge >= 0.3 is 0 Å². The van der Waals surface area contributed by atoms with Gasteiger partial charge in [-0.2, -0.15) is 0 Å². The second-order valence-electron chi connectivity index (χ2n) is 6.70. The molecule has 6 heteroatoms. The Balaban J connectivity index is 1.79. The van der Waals surface area contributed by atoms with E-state index in [0.29, 0.717) is 11.5 Å². The molecule has 1 aromatic carbocycles. The third kappa shape index (κ3) is 2.33. The maximum Gasteiger partial charge on any atom is 0.277 e. The minimum atomic E-state index is -0.272. The number of aromatic amines is 1. The first-order valence-corrected chi connectivity index (χ1v) is 9.03. The Kier molecular flexibility index (Phi) is 3.46. The predicted molar refractivity (Wildman–Crippen MR) is 95.2 cm³/mol. The van der Waals surface area contributed by atoms with Crippen LogP contribution in [-0.4, -0.2) is 20.5 Å². The molecule has 0 radical (unpaired) electrons. The van der Waals surface area contributed by atoms with Crippen molar-refractivity contribution in [2.75, 3.05) is 0 Å². The Labute approximate surface area is 143 Å². The zero-order valence-corrected chi connectivity index (χ0v) is 14.7. The van der Waals surface area contributed by atoms with Crippen molar-refractivity contribution >= 4 is 27.3 Å². The molecule has 0 unspecified atom stereocenters. The quantitative estimate of drug-likeness (QED) is 0.734. The summed E-state index contributed by atoms with van der Waals surface area (Å²) in [5.74, 6) is 0.361. The zero-order valence-electron chi connectivity index (χ0n) is 13.9. The predicted octanol–water partition coefficient (Wildman–Crippen LogP) is 3.78. The van der Waals surface area contributed by atoms with Crippen LogP contribution in [0.2, 0.25) is 0 Å². The van der Waals surface area contributed by atoms with E-state index in [1.54, 1.807) is 11.3 Å². The van der Waals surface area contributed by atoms with Crippen LogP contribution in [0.5, 0.6) is 0 Å². The molecule has 1 saturated carbocycles. The first kappa shape index (κ1) is 15.3. The van der Waals surface area contributed by atoms with Crippen LogP contribution in [-0.2, 0) is 0 Å². The number of aryl methyl sites for hydroxylation is 1. The fourth-order valence-corrected chi connectivity index (χ4v) is 4.16. The zero-order chi connectivity index (χ0) is 17.0. The standard InChI is InChI=1S/C18H19N3O2S/c1-9(2)21-18(23)13(8-19-21)16(22)12-6-7-14-15(10(12)3)20-17(24-14)11-4-5-11/h6-9,11,19H,4-5H2,1-3H3. The van der Waals surface area contributed by atoms with Crippen molar-refractivity contribution in [3.8, 4) is 0 Å². The van der Waals surface area contributed by atoms with Gasteiger partial charge in [-0.25, -0.2) is 4.98 Å². The third-order valence-corrected chi connectivity index (χ3v) is 5.74. The molecule has 0 aliphatic heterocycles. The molecule has 0 atom stereocenters. The number of aromatic nitrogens is 3. The second-order valence-corrected chi connectivity index (χ2v) is 7.76. The average molecular weight is 341 g/mol. The van der Waals surface area contributed by atoms with Gasteiger partial charge in [0.1, 0.15) is 5.56 Å². The van der Waals surface area contributed by atoms with Gasteiger partial charge in [-0.15, -0.1) is 11.3 Å². The molecule has 2 aromatic heterocycles. The summed E-state index contributed by atoms with van der Waals surface area (Å²) >= 11 is 1.72. The van der Waals surface area contributed by atoms with Crippen LogP contribution in [0.1, 0.15) is 65.1 Å². The fourth-order valence-electron chi connectivity index (χ4n) is 2.97. The van der Waals surface area contributed by atoms with Crippen molar-refractivity contribution in [3.63, 3.8) is 0 Å². The lowest BCUT2D eigenvalue weighted by Crippen LogP contribution is -2.23. The molecule has 0 spiro atoms. The van der Waals surface area contributed by atoms with E-state index in [2.05, 4.69) is 5.10 Å².